The summed E-state index contributed by atoms with van der Waals surface area (Å²) in [5.41, 5.74) is 6.16. The predicted molar refractivity (Wildman–Crippen MR) is 111 cm³/mol. The fourth-order valence-electron chi connectivity index (χ4n) is 3.20. The lowest BCUT2D eigenvalue weighted by molar-refractivity contribution is 0.0933. The zero-order valence-electron chi connectivity index (χ0n) is 16.3. The second-order valence-electron chi connectivity index (χ2n) is 7.65. The molecule has 0 saturated carbocycles. The third-order valence-corrected chi connectivity index (χ3v) is 6.79. The zero-order valence-corrected chi connectivity index (χ0v) is 18.0. The highest BCUT2D eigenvalue weighted by molar-refractivity contribution is 7.89. The highest BCUT2D eigenvalue weighted by atomic mass is 35.5. The monoisotopic (exact) mass is 417 g/mol. The van der Waals surface area contributed by atoms with Crippen LogP contribution in [0.4, 0.5) is 0 Å². The summed E-state index contributed by atoms with van der Waals surface area (Å²) in [5, 5.41) is 2.92. The molecule has 1 fully saturated rings. The van der Waals surface area contributed by atoms with E-state index in [1.165, 1.54) is 16.4 Å². The molecule has 8 heteroatoms. The summed E-state index contributed by atoms with van der Waals surface area (Å²) < 4.78 is 27.0. The number of sulfonamides is 1. The van der Waals surface area contributed by atoms with E-state index in [-0.39, 0.29) is 29.3 Å². The lowest BCUT2D eigenvalue weighted by Crippen LogP contribution is -2.41. The SMILES string of the molecule is CC(C)CC(CN)NC(=O)c1ccc(S(=O)(=O)N2CCC(C)CC2)cc1.Cl. The van der Waals surface area contributed by atoms with Crippen LogP contribution >= 0.6 is 12.4 Å². The summed E-state index contributed by atoms with van der Waals surface area (Å²) in [4.78, 5) is 12.6. The number of nitrogens with one attached hydrogen (secondary N) is 1. The number of hydrogen-bond donors (Lipinski definition) is 2. The van der Waals surface area contributed by atoms with Crippen LogP contribution in [0.3, 0.4) is 0 Å². The van der Waals surface area contributed by atoms with Gasteiger partial charge in [0.15, 0.2) is 0 Å². The first-order valence-corrected chi connectivity index (χ1v) is 10.8. The Hall–Kier alpha value is -1.15. The van der Waals surface area contributed by atoms with Crippen molar-refractivity contribution in [3.63, 3.8) is 0 Å². The lowest BCUT2D eigenvalue weighted by atomic mass is 10.0. The molecular formula is C19H32ClN3O3S. The van der Waals surface area contributed by atoms with Crippen molar-refractivity contribution >= 4 is 28.3 Å². The summed E-state index contributed by atoms with van der Waals surface area (Å²) >= 11 is 0. The largest absolute Gasteiger partial charge is 0.348 e. The number of piperidine rings is 1. The minimum Gasteiger partial charge on any atom is -0.348 e. The van der Waals surface area contributed by atoms with Crippen molar-refractivity contribution in [2.45, 2.75) is 51.0 Å². The van der Waals surface area contributed by atoms with E-state index in [1.807, 2.05) is 0 Å². The lowest BCUT2D eigenvalue weighted by Gasteiger charge is -2.29. The Bertz CT molecular complexity index is 699. The van der Waals surface area contributed by atoms with Gasteiger partial charge in [0.1, 0.15) is 0 Å². The van der Waals surface area contributed by atoms with Crippen molar-refractivity contribution in [3.05, 3.63) is 29.8 Å². The molecule has 1 amide bonds. The topological polar surface area (TPSA) is 92.5 Å². The molecule has 0 aromatic heterocycles. The first-order valence-electron chi connectivity index (χ1n) is 9.35. The number of amides is 1. The van der Waals surface area contributed by atoms with E-state index in [9.17, 15) is 13.2 Å². The molecule has 1 aliphatic rings. The molecule has 1 aromatic carbocycles. The predicted octanol–water partition coefficient (Wildman–Crippen LogP) is 2.63. The second-order valence-corrected chi connectivity index (χ2v) is 9.58. The average molecular weight is 418 g/mol. The van der Waals surface area contributed by atoms with Crippen molar-refractivity contribution in [3.8, 4) is 0 Å². The maximum Gasteiger partial charge on any atom is 0.251 e. The van der Waals surface area contributed by atoms with Gasteiger partial charge in [0.25, 0.3) is 5.91 Å². The molecule has 1 aliphatic heterocycles. The van der Waals surface area contributed by atoms with Crippen LogP contribution < -0.4 is 11.1 Å². The van der Waals surface area contributed by atoms with Crippen LogP contribution in [0.25, 0.3) is 0 Å². The van der Waals surface area contributed by atoms with Gasteiger partial charge in [0, 0.05) is 31.2 Å². The van der Waals surface area contributed by atoms with E-state index in [2.05, 4.69) is 26.1 Å². The molecule has 0 bridgehead atoms. The van der Waals surface area contributed by atoms with Crippen molar-refractivity contribution in [2.75, 3.05) is 19.6 Å². The number of rotatable bonds is 7. The van der Waals surface area contributed by atoms with E-state index in [1.54, 1.807) is 12.1 Å². The Morgan fingerprint density at radius 3 is 2.26 bits per heavy atom. The fourth-order valence-corrected chi connectivity index (χ4v) is 4.67. The number of hydrogen-bond acceptors (Lipinski definition) is 4. The average Bonchev–Trinajstić information content (AvgIpc) is 2.61. The van der Waals surface area contributed by atoms with Gasteiger partial charge < -0.3 is 11.1 Å². The van der Waals surface area contributed by atoms with Crippen molar-refractivity contribution < 1.29 is 13.2 Å². The summed E-state index contributed by atoms with van der Waals surface area (Å²) in [6, 6.07) is 6.08. The van der Waals surface area contributed by atoms with E-state index >= 15 is 0 Å². The van der Waals surface area contributed by atoms with Gasteiger partial charge >= 0.3 is 0 Å². The van der Waals surface area contributed by atoms with Gasteiger partial charge in [-0.05, 0) is 55.4 Å². The van der Waals surface area contributed by atoms with Crippen LogP contribution in [-0.4, -0.2) is 44.3 Å². The highest BCUT2D eigenvalue weighted by Gasteiger charge is 2.28. The Kier molecular flexibility index (Phi) is 9.21. The van der Waals surface area contributed by atoms with Crippen molar-refractivity contribution in [1.82, 2.24) is 9.62 Å². The van der Waals surface area contributed by atoms with Crippen LogP contribution in [0, 0.1) is 11.8 Å². The molecule has 27 heavy (non-hydrogen) atoms. The number of nitrogens with zero attached hydrogens (tertiary/aromatic N) is 1. The normalized spacial score (nSPS) is 17.4. The van der Waals surface area contributed by atoms with Gasteiger partial charge in [-0.15, -0.1) is 12.4 Å². The van der Waals surface area contributed by atoms with Crippen molar-refractivity contribution in [2.24, 2.45) is 17.6 Å². The number of nitrogens with two attached hydrogens (primary N) is 1. The molecule has 0 aliphatic carbocycles. The number of carbonyl (C=O) groups is 1. The molecular weight excluding hydrogens is 386 g/mol. The third-order valence-electron chi connectivity index (χ3n) is 4.87. The fraction of sp³-hybridized carbons (Fsp3) is 0.632. The Morgan fingerprint density at radius 2 is 1.78 bits per heavy atom. The zero-order chi connectivity index (χ0) is 19.3. The van der Waals surface area contributed by atoms with Gasteiger partial charge in [-0.3, -0.25) is 4.79 Å². The van der Waals surface area contributed by atoms with E-state index in [4.69, 9.17) is 5.73 Å². The first kappa shape index (κ1) is 23.9. The van der Waals surface area contributed by atoms with Gasteiger partial charge in [-0.1, -0.05) is 20.8 Å². The molecule has 0 radical (unpaired) electrons. The summed E-state index contributed by atoms with van der Waals surface area (Å²) in [6.07, 6.45) is 2.58. The van der Waals surface area contributed by atoms with Gasteiger partial charge in [-0.2, -0.15) is 4.31 Å². The molecule has 154 valence electrons. The molecule has 1 unspecified atom stereocenters. The number of carbonyl (C=O) groups excluding carboxylic acids is 1. The maximum atomic E-state index is 12.7. The standard InChI is InChI=1S/C19H31N3O3S.ClH/c1-14(2)12-17(13-20)21-19(23)16-4-6-18(7-5-16)26(24,25)22-10-8-15(3)9-11-22;/h4-7,14-15,17H,8-13,20H2,1-3H3,(H,21,23);1H. The highest BCUT2D eigenvalue weighted by Crippen LogP contribution is 2.23. The minimum absolute atomic E-state index is 0. The Labute approximate surface area is 169 Å². The minimum atomic E-state index is -3.49. The first-order chi connectivity index (χ1) is 12.2. The summed E-state index contributed by atoms with van der Waals surface area (Å²) in [5.74, 6) is 0.773. The molecule has 2 rings (SSSR count). The molecule has 1 atom stereocenters. The second kappa shape index (κ2) is 10.4. The molecule has 1 heterocycles. The Balaban J connectivity index is 0.00000364. The van der Waals surface area contributed by atoms with Crippen molar-refractivity contribution in [1.29, 1.82) is 0 Å². The van der Waals surface area contributed by atoms with Crippen LogP contribution in [0.1, 0.15) is 50.4 Å². The van der Waals surface area contributed by atoms with Crippen LogP contribution in [-0.2, 0) is 10.0 Å². The third kappa shape index (κ3) is 6.45. The Morgan fingerprint density at radius 1 is 1.22 bits per heavy atom. The molecule has 6 nitrogen and oxygen atoms in total. The maximum absolute atomic E-state index is 12.7. The molecule has 3 N–H and O–H groups in total. The van der Waals surface area contributed by atoms with Crippen LogP contribution in [0.15, 0.2) is 29.2 Å². The van der Waals surface area contributed by atoms with Gasteiger partial charge in [-0.25, -0.2) is 8.42 Å². The number of halogens is 1. The molecule has 1 saturated heterocycles. The van der Waals surface area contributed by atoms with Gasteiger partial charge in [0.05, 0.1) is 4.90 Å². The van der Waals surface area contributed by atoms with Gasteiger partial charge in [0.2, 0.25) is 10.0 Å². The van der Waals surface area contributed by atoms with E-state index in [0.717, 1.165) is 19.3 Å². The van der Waals surface area contributed by atoms with E-state index < -0.39 is 10.0 Å². The molecule has 1 aromatic rings. The summed E-state index contributed by atoms with van der Waals surface area (Å²) in [6.45, 7) is 7.79. The smallest absolute Gasteiger partial charge is 0.251 e. The van der Waals surface area contributed by atoms with Crippen LogP contribution in [0.2, 0.25) is 0 Å². The molecule has 0 spiro atoms. The summed E-state index contributed by atoms with van der Waals surface area (Å²) in [7, 11) is -3.49. The number of benzene rings is 1. The quantitative estimate of drug-likeness (QED) is 0.713. The van der Waals surface area contributed by atoms with E-state index in [0.29, 0.717) is 37.0 Å². The van der Waals surface area contributed by atoms with Crippen LogP contribution in [0.5, 0.6) is 0 Å².